The maximum Gasteiger partial charge on any atom is 0.304 e. The van der Waals surface area contributed by atoms with Gasteiger partial charge >= 0.3 is 5.97 Å². The minimum Gasteiger partial charge on any atom is -0.481 e. The number of aryl methyl sites for hydroxylation is 1. The monoisotopic (exact) mass is 237 g/mol. The van der Waals surface area contributed by atoms with Crippen LogP contribution < -0.4 is 0 Å². The van der Waals surface area contributed by atoms with E-state index in [4.69, 9.17) is 5.11 Å². The van der Waals surface area contributed by atoms with Gasteiger partial charge in [0.1, 0.15) is 0 Å². The van der Waals surface area contributed by atoms with E-state index < -0.39 is 5.97 Å². The maximum absolute atomic E-state index is 10.6. The average Bonchev–Trinajstić information content (AvgIpc) is 2.94. The van der Waals surface area contributed by atoms with Crippen molar-refractivity contribution in [1.82, 2.24) is 14.7 Å². The predicted molar refractivity (Wildman–Crippen MR) is 63.7 cm³/mol. The van der Waals surface area contributed by atoms with E-state index in [1.165, 1.54) is 0 Å². The van der Waals surface area contributed by atoms with Gasteiger partial charge < -0.3 is 5.11 Å². The topological polar surface area (TPSA) is 58.4 Å². The zero-order chi connectivity index (χ0) is 12.3. The van der Waals surface area contributed by atoms with E-state index in [2.05, 4.69) is 16.9 Å². The highest BCUT2D eigenvalue weighted by molar-refractivity contribution is 5.66. The van der Waals surface area contributed by atoms with Crippen molar-refractivity contribution in [2.24, 2.45) is 0 Å². The van der Waals surface area contributed by atoms with E-state index in [9.17, 15) is 4.79 Å². The Morgan fingerprint density at radius 1 is 1.65 bits per heavy atom. The van der Waals surface area contributed by atoms with E-state index in [0.29, 0.717) is 12.6 Å². The molecule has 1 fully saturated rings. The Morgan fingerprint density at radius 3 is 3.12 bits per heavy atom. The summed E-state index contributed by atoms with van der Waals surface area (Å²) in [6.07, 6.45) is 4.41. The Bertz CT molecular complexity index is 389. The molecule has 5 nitrogen and oxygen atoms in total. The average molecular weight is 237 g/mol. The summed E-state index contributed by atoms with van der Waals surface area (Å²) in [5.41, 5.74) is 1.08. The normalized spacial score (nSPS) is 20.9. The van der Waals surface area contributed by atoms with Gasteiger partial charge in [0.25, 0.3) is 0 Å². The smallest absolute Gasteiger partial charge is 0.304 e. The van der Waals surface area contributed by atoms with Crippen molar-refractivity contribution in [3.8, 4) is 0 Å². The molecule has 0 radical (unpaired) electrons. The maximum atomic E-state index is 10.6. The summed E-state index contributed by atoms with van der Waals surface area (Å²) in [7, 11) is 0. The van der Waals surface area contributed by atoms with Crippen molar-refractivity contribution >= 4 is 5.97 Å². The van der Waals surface area contributed by atoms with Crippen molar-refractivity contribution in [3.63, 3.8) is 0 Å². The molecule has 1 N–H and O–H groups in total. The van der Waals surface area contributed by atoms with Crippen LogP contribution in [-0.4, -0.2) is 38.8 Å². The first-order valence-corrected chi connectivity index (χ1v) is 6.20. The number of aliphatic carboxylic acids is 1. The second-order valence-electron chi connectivity index (χ2n) is 4.43. The summed E-state index contributed by atoms with van der Waals surface area (Å²) in [5.74, 6) is -0.727. The van der Waals surface area contributed by atoms with Crippen LogP contribution in [0.1, 0.15) is 37.9 Å². The highest BCUT2D eigenvalue weighted by atomic mass is 16.4. The number of rotatable bonds is 5. The van der Waals surface area contributed by atoms with E-state index >= 15 is 0 Å². The van der Waals surface area contributed by atoms with Crippen LogP contribution in [0, 0.1) is 0 Å². The summed E-state index contributed by atoms with van der Waals surface area (Å²) in [6.45, 7) is 4.55. The van der Waals surface area contributed by atoms with Crippen LogP contribution in [0.5, 0.6) is 0 Å². The highest BCUT2D eigenvalue weighted by Gasteiger charge is 2.27. The summed E-state index contributed by atoms with van der Waals surface area (Å²) in [6, 6.07) is 2.36. The van der Waals surface area contributed by atoms with Crippen molar-refractivity contribution in [2.75, 3.05) is 13.1 Å². The molecule has 0 saturated carbocycles. The third kappa shape index (κ3) is 2.85. The minimum atomic E-state index is -0.727. The van der Waals surface area contributed by atoms with Gasteiger partial charge in [-0.25, -0.2) is 0 Å². The molecule has 5 heteroatoms. The summed E-state index contributed by atoms with van der Waals surface area (Å²) in [4.78, 5) is 12.8. The van der Waals surface area contributed by atoms with Gasteiger partial charge in [0, 0.05) is 19.3 Å². The quantitative estimate of drug-likeness (QED) is 0.843. The lowest BCUT2D eigenvalue weighted by Crippen LogP contribution is -2.26. The standard InChI is InChI=1S/C12H19N3O2/c1-2-15-9-5-10(13-15)11-4-3-7-14(11)8-6-12(16)17/h5,9,11H,2-4,6-8H2,1H3,(H,16,17)/t11-/m1/s1. The molecule has 2 rings (SSSR count). The van der Waals surface area contributed by atoms with Crippen LogP contribution in [0.3, 0.4) is 0 Å². The highest BCUT2D eigenvalue weighted by Crippen LogP contribution is 2.30. The molecular formula is C12H19N3O2. The molecule has 0 unspecified atom stereocenters. The molecule has 94 valence electrons. The zero-order valence-corrected chi connectivity index (χ0v) is 10.2. The largest absolute Gasteiger partial charge is 0.481 e. The Labute approximate surface area is 101 Å². The number of carboxylic acid groups (broad SMARTS) is 1. The van der Waals surface area contributed by atoms with Gasteiger partial charge in [0.2, 0.25) is 0 Å². The van der Waals surface area contributed by atoms with Gasteiger partial charge in [-0.15, -0.1) is 0 Å². The van der Waals surface area contributed by atoms with Crippen LogP contribution in [0.2, 0.25) is 0 Å². The number of hydrogen-bond donors (Lipinski definition) is 1. The Morgan fingerprint density at radius 2 is 2.47 bits per heavy atom. The van der Waals surface area contributed by atoms with Gasteiger partial charge in [0.05, 0.1) is 18.2 Å². The first kappa shape index (κ1) is 12.1. The molecule has 2 heterocycles. The van der Waals surface area contributed by atoms with Gasteiger partial charge in [-0.3, -0.25) is 14.4 Å². The third-order valence-electron chi connectivity index (χ3n) is 3.30. The lowest BCUT2D eigenvalue weighted by molar-refractivity contribution is -0.137. The molecule has 1 saturated heterocycles. The molecule has 1 aliphatic heterocycles. The van der Waals surface area contributed by atoms with Crippen molar-refractivity contribution in [1.29, 1.82) is 0 Å². The molecule has 0 aromatic carbocycles. The first-order valence-electron chi connectivity index (χ1n) is 6.20. The van der Waals surface area contributed by atoms with Gasteiger partial charge in [-0.05, 0) is 32.4 Å². The minimum absolute atomic E-state index is 0.213. The molecule has 17 heavy (non-hydrogen) atoms. The Kier molecular flexibility index (Phi) is 3.78. The second kappa shape index (κ2) is 5.31. The summed E-state index contributed by atoms with van der Waals surface area (Å²) < 4.78 is 1.92. The fraction of sp³-hybridized carbons (Fsp3) is 0.667. The molecule has 0 bridgehead atoms. The fourth-order valence-corrected chi connectivity index (χ4v) is 2.40. The van der Waals surface area contributed by atoms with Crippen LogP contribution in [0.15, 0.2) is 12.3 Å². The first-order chi connectivity index (χ1) is 8.20. The summed E-state index contributed by atoms with van der Waals surface area (Å²) in [5, 5.41) is 13.2. The molecule has 1 aliphatic rings. The molecule has 0 amide bonds. The van der Waals surface area contributed by atoms with Crippen LogP contribution in [-0.2, 0) is 11.3 Å². The van der Waals surface area contributed by atoms with E-state index in [1.807, 2.05) is 16.9 Å². The van der Waals surface area contributed by atoms with Gasteiger partial charge in [0.15, 0.2) is 0 Å². The molecule has 0 aliphatic carbocycles. The fourth-order valence-electron chi connectivity index (χ4n) is 2.40. The van der Waals surface area contributed by atoms with Crippen molar-refractivity contribution in [2.45, 2.75) is 38.8 Å². The van der Waals surface area contributed by atoms with Crippen LogP contribution in [0.4, 0.5) is 0 Å². The number of hydrogen-bond acceptors (Lipinski definition) is 3. The number of nitrogens with zero attached hydrogens (tertiary/aromatic N) is 3. The lowest BCUT2D eigenvalue weighted by Gasteiger charge is -2.21. The van der Waals surface area contributed by atoms with Gasteiger partial charge in [-0.2, -0.15) is 5.10 Å². The molecule has 1 aromatic heterocycles. The Balaban J connectivity index is 2.00. The number of likely N-dealkylation sites (tertiary alicyclic amines) is 1. The summed E-state index contributed by atoms with van der Waals surface area (Å²) >= 11 is 0. The number of carboxylic acids is 1. The Hall–Kier alpha value is -1.36. The molecular weight excluding hydrogens is 218 g/mol. The SMILES string of the molecule is CCn1ccc([C@H]2CCCN2CCC(=O)O)n1. The number of carbonyl (C=O) groups is 1. The van der Waals surface area contributed by atoms with Gasteiger partial charge in [-0.1, -0.05) is 0 Å². The zero-order valence-electron chi connectivity index (χ0n) is 10.2. The molecule has 0 spiro atoms. The lowest BCUT2D eigenvalue weighted by atomic mass is 10.1. The van der Waals surface area contributed by atoms with E-state index in [1.54, 1.807) is 0 Å². The van der Waals surface area contributed by atoms with Crippen LogP contribution in [0.25, 0.3) is 0 Å². The molecule has 1 atom stereocenters. The van der Waals surface area contributed by atoms with Crippen molar-refractivity contribution < 1.29 is 9.90 Å². The van der Waals surface area contributed by atoms with Crippen molar-refractivity contribution in [3.05, 3.63) is 18.0 Å². The number of aromatic nitrogens is 2. The third-order valence-corrected chi connectivity index (χ3v) is 3.30. The predicted octanol–water partition coefficient (Wildman–Crippen LogP) is 1.51. The second-order valence-corrected chi connectivity index (χ2v) is 4.43. The molecule has 1 aromatic rings. The van der Waals surface area contributed by atoms with E-state index in [-0.39, 0.29) is 6.42 Å². The van der Waals surface area contributed by atoms with E-state index in [0.717, 1.165) is 31.6 Å². The van der Waals surface area contributed by atoms with Crippen LogP contribution >= 0.6 is 0 Å².